The van der Waals surface area contributed by atoms with Crippen LogP contribution in [-0.2, 0) is 10.0 Å². The summed E-state index contributed by atoms with van der Waals surface area (Å²) in [6.07, 6.45) is 7.27. The van der Waals surface area contributed by atoms with Crippen molar-refractivity contribution in [1.82, 2.24) is 5.32 Å². The summed E-state index contributed by atoms with van der Waals surface area (Å²) in [5.74, 6) is 0. The number of hydrogen-bond acceptors (Lipinski definition) is 3. The molecule has 3 rings (SSSR count). The Kier molecular flexibility index (Phi) is 8.43. The molecule has 0 aliphatic heterocycles. The molecule has 0 heterocycles. The molecule has 3 aromatic carbocycles. The summed E-state index contributed by atoms with van der Waals surface area (Å²) < 4.78 is 28.3. The smallest absolute Gasteiger partial charge is 0.319 e. The Hall–Kier alpha value is -4.10. The van der Waals surface area contributed by atoms with Crippen LogP contribution in [0.4, 0.5) is 16.2 Å². The van der Waals surface area contributed by atoms with Crippen LogP contribution in [0.2, 0.25) is 0 Å². The second kappa shape index (κ2) is 11.7. The maximum atomic E-state index is 12.8. The van der Waals surface area contributed by atoms with Gasteiger partial charge in [-0.15, -0.1) is 0 Å². The van der Waals surface area contributed by atoms with Crippen LogP contribution in [-0.4, -0.2) is 21.0 Å². The molecule has 0 saturated heterocycles. The molecule has 2 amide bonds. The van der Waals surface area contributed by atoms with E-state index >= 15 is 0 Å². The number of benzene rings is 3. The van der Waals surface area contributed by atoms with E-state index in [1.54, 1.807) is 36.4 Å². The molecule has 0 atom stereocenters. The van der Waals surface area contributed by atoms with Gasteiger partial charge in [0, 0.05) is 17.9 Å². The second-order valence-corrected chi connectivity index (χ2v) is 9.04. The summed E-state index contributed by atoms with van der Waals surface area (Å²) in [6, 6.07) is 22.5. The molecule has 0 bridgehead atoms. The van der Waals surface area contributed by atoms with Crippen LogP contribution in [0.15, 0.2) is 120 Å². The lowest BCUT2D eigenvalue weighted by molar-refractivity contribution is 0.253. The molecule has 174 valence electrons. The molecule has 34 heavy (non-hydrogen) atoms. The summed E-state index contributed by atoms with van der Waals surface area (Å²) in [4.78, 5) is 12.2. The molecule has 7 heteroatoms. The van der Waals surface area contributed by atoms with Crippen molar-refractivity contribution in [3.05, 3.63) is 115 Å². The van der Waals surface area contributed by atoms with Crippen molar-refractivity contribution in [3.8, 4) is 11.1 Å². The molecule has 0 saturated carbocycles. The van der Waals surface area contributed by atoms with Gasteiger partial charge in [-0.05, 0) is 60.0 Å². The summed E-state index contributed by atoms with van der Waals surface area (Å²) >= 11 is 0. The molecule has 0 spiro atoms. The molecule has 0 aromatic heterocycles. The van der Waals surface area contributed by atoms with Crippen molar-refractivity contribution in [3.63, 3.8) is 0 Å². The predicted octanol–water partition coefficient (Wildman–Crippen LogP) is 5.96. The van der Waals surface area contributed by atoms with Gasteiger partial charge in [0.1, 0.15) is 0 Å². The molecule has 0 aliphatic carbocycles. The number of allylic oxidation sites excluding steroid dienone is 3. The third-order valence-corrected chi connectivity index (χ3v) is 6.26. The fourth-order valence-corrected chi connectivity index (χ4v) is 4.15. The quantitative estimate of drug-likeness (QED) is 0.335. The van der Waals surface area contributed by atoms with Gasteiger partial charge in [-0.2, -0.15) is 0 Å². The number of carbonyl (C=O) groups excluding carboxylic acids is 1. The normalized spacial score (nSPS) is 11.7. The van der Waals surface area contributed by atoms with Crippen molar-refractivity contribution in [2.45, 2.75) is 11.8 Å². The average molecular weight is 474 g/mol. The number of anilines is 2. The topological polar surface area (TPSA) is 87.3 Å². The predicted molar refractivity (Wildman–Crippen MR) is 139 cm³/mol. The number of hydrogen-bond donors (Lipinski definition) is 3. The van der Waals surface area contributed by atoms with E-state index in [-0.39, 0.29) is 4.90 Å². The zero-order valence-electron chi connectivity index (χ0n) is 18.9. The first kappa shape index (κ1) is 24.5. The largest absolute Gasteiger partial charge is 0.334 e. The lowest BCUT2D eigenvalue weighted by Crippen LogP contribution is -2.30. The van der Waals surface area contributed by atoms with Gasteiger partial charge < -0.3 is 10.6 Å². The molecule has 0 aliphatic rings. The number of rotatable bonds is 9. The van der Waals surface area contributed by atoms with E-state index in [0.717, 1.165) is 16.7 Å². The van der Waals surface area contributed by atoms with Crippen LogP contribution in [0, 0.1) is 0 Å². The third kappa shape index (κ3) is 6.95. The highest BCUT2D eigenvalue weighted by atomic mass is 32.2. The number of nitrogens with one attached hydrogen (secondary N) is 3. The SMILES string of the molecule is C=CC(=CC=CC)CNC(=O)Nc1ccc(S(=O)(=O)Nc2cccc(-c3ccccc3)c2)cc1. The van der Waals surface area contributed by atoms with E-state index in [9.17, 15) is 13.2 Å². The first-order chi connectivity index (χ1) is 16.4. The van der Waals surface area contributed by atoms with Gasteiger partial charge in [0.2, 0.25) is 0 Å². The lowest BCUT2D eigenvalue weighted by atomic mass is 10.1. The van der Waals surface area contributed by atoms with Crippen LogP contribution >= 0.6 is 0 Å². The van der Waals surface area contributed by atoms with Gasteiger partial charge in [0.25, 0.3) is 10.0 Å². The van der Waals surface area contributed by atoms with Crippen LogP contribution in [0.1, 0.15) is 6.92 Å². The van der Waals surface area contributed by atoms with Gasteiger partial charge in [0.05, 0.1) is 4.90 Å². The second-order valence-electron chi connectivity index (χ2n) is 7.36. The summed E-state index contributed by atoms with van der Waals surface area (Å²) in [7, 11) is -3.79. The van der Waals surface area contributed by atoms with E-state index < -0.39 is 16.1 Å². The highest BCUT2D eigenvalue weighted by Crippen LogP contribution is 2.24. The molecule has 3 aromatic rings. The lowest BCUT2D eigenvalue weighted by Gasteiger charge is -2.11. The molecule has 0 unspecified atom stereocenters. The van der Waals surface area contributed by atoms with Crippen molar-refractivity contribution < 1.29 is 13.2 Å². The molecule has 0 radical (unpaired) electrons. The highest BCUT2D eigenvalue weighted by molar-refractivity contribution is 7.92. The van der Waals surface area contributed by atoms with Crippen LogP contribution in [0.3, 0.4) is 0 Å². The Morgan fingerprint density at radius 3 is 2.29 bits per heavy atom. The Morgan fingerprint density at radius 2 is 1.62 bits per heavy atom. The van der Waals surface area contributed by atoms with Gasteiger partial charge >= 0.3 is 6.03 Å². The van der Waals surface area contributed by atoms with E-state index in [0.29, 0.717) is 17.9 Å². The van der Waals surface area contributed by atoms with Gasteiger partial charge in [-0.25, -0.2) is 13.2 Å². The molecule has 0 fully saturated rings. The van der Waals surface area contributed by atoms with Crippen LogP contribution < -0.4 is 15.4 Å². The Bertz CT molecular complexity index is 1300. The minimum absolute atomic E-state index is 0.0896. The summed E-state index contributed by atoms with van der Waals surface area (Å²) in [5.41, 5.74) is 3.70. The van der Waals surface area contributed by atoms with E-state index in [4.69, 9.17) is 0 Å². The van der Waals surface area contributed by atoms with Gasteiger partial charge in [-0.3, -0.25) is 4.72 Å². The maximum Gasteiger partial charge on any atom is 0.319 e. The molecule has 3 N–H and O–H groups in total. The number of sulfonamides is 1. The first-order valence-corrected chi connectivity index (χ1v) is 12.2. The summed E-state index contributed by atoms with van der Waals surface area (Å²) in [5, 5.41) is 5.42. The maximum absolute atomic E-state index is 12.8. The Labute approximate surface area is 200 Å². The van der Waals surface area contributed by atoms with Gasteiger partial charge in [-0.1, -0.05) is 73.3 Å². The minimum atomic E-state index is -3.79. The van der Waals surface area contributed by atoms with Crippen LogP contribution in [0.5, 0.6) is 0 Å². The zero-order valence-corrected chi connectivity index (χ0v) is 19.7. The zero-order chi connectivity index (χ0) is 24.4. The van der Waals surface area contributed by atoms with Crippen LogP contribution in [0.25, 0.3) is 11.1 Å². The van der Waals surface area contributed by atoms with Gasteiger partial charge in [0.15, 0.2) is 0 Å². The van der Waals surface area contributed by atoms with E-state index in [1.165, 1.54) is 12.1 Å². The van der Waals surface area contributed by atoms with Crippen molar-refractivity contribution >= 4 is 27.4 Å². The Balaban J connectivity index is 1.64. The number of carbonyl (C=O) groups is 1. The highest BCUT2D eigenvalue weighted by Gasteiger charge is 2.15. The standard InChI is InChI=1S/C27H27N3O3S/c1-3-5-10-21(4-2)20-28-27(31)29-24-15-17-26(18-16-24)34(32,33)30-25-14-9-13-23(19-25)22-11-7-6-8-12-22/h3-19,30H,2,20H2,1H3,(H2,28,29,31). The Morgan fingerprint density at radius 1 is 0.912 bits per heavy atom. The fraction of sp³-hybridized carbons (Fsp3) is 0.0741. The van der Waals surface area contributed by atoms with Crippen molar-refractivity contribution in [1.29, 1.82) is 0 Å². The number of amides is 2. The fourth-order valence-electron chi connectivity index (χ4n) is 3.10. The first-order valence-electron chi connectivity index (χ1n) is 10.7. The molecule has 6 nitrogen and oxygen atoms in total. The molecular formula is C27H27N3O3S. The summed E-state index contributed by atoms with van der Waals surface area (Å²) in [6.45, 7) is 5.94. The average Bonchev–Trinajstić information content (AvgIpc) is 2.85. The van der Waals surface area contributed by atoms with E-state index in [1.807, 2.05) is 61.5 Å². The molecular weight excluding hydrogens is 446 g/mol. The number of urea groups is 1. The van der Waals surface area contributed by atoms with Crippen molar-refractivity contribution in [2.24, 2.45) is 0 Å². The van der Waals surface area contributed by atoms with Crippen molar-refractivity contribution in [2.75, 3.05) is 16.6 Å². The third-order valence-electron chi connectivity index (χ3n) is 4.86. The minimum Gasteiger partial charge on any atom is -0.334 e. The van der Waals surface area contributed by atoms with E-state index in [2.05, 4.69) is 21.9 Å². The monoisotopic (exact) mass is 473 g/mol.